The molecule has 1 aromatic heterocycles. The van der Waals surface area contributed by atoms with Gasteiger partial charge in [0.1, 0.15) is 0 Å². The first-order valence-electron chi connectivity index (χ1n) is 9.69. The van der Waals surface area contributed by atoms with Gasteiger partial charge in [-0.1, -0.05) is 25.1 Å². The number of halogens is 3. The van der Waals surface area contributed by atoms with E-state index in [1.807, 2.05) is 31.2 Å². The van der Waals surface area contributed by atoms with E-state index in [1.54, 1.807) is 5.38 Å². The number of nitrogens with zero attached hydrogens (tertiary/aromatic N) is 2. The summed E-state index contributed by atoms with van der Waals surface area (Å²) in [6, 6.07) is 12.0. The smallest absolute Gasteiger partial charge is 0.323 e. The highest BCUT2D eigenvalue weighted by Gasteiger charge is 2.31. The Morgan fingerprint density at radius 3 is 2.50 bits per heavy atom. The predicted molar refractivity (Wildman–Crippen MR) is 120 cm³/mol. The van der Waals surface area contributed by atoms with Crippen LogP contribution >= 0.6 is 11.3 Å². The molecule has 9 heteroatoms. The summed E-state index contributed by atoms with van der Waals surface area (Å²) in [5.74, 6) is -0.840. The number of carbonyl (C=O) groups is 2. The molecule has 1 N–H and O–H groups in total. The molecule has 0 aliphatic rings. The van der Waals surface area contributed by atoms with Crippen molar-refractivity contribution in [2.75, 3.05) is 10.2 Å². The molecule has 2 amide bonds. The monoisotopic (exact) mass is 459 g/mol. The molecule has 0 bridgehead atoms. The Bertz CT molecular complexity index is 1140. The molecule has 5 nitrogen and oxygen atoms in total. The van der Waals surface area contributed by atoms with Crippen LogP contribution in [0.1, 0.15) is 30.7 Å². The Balaban J connectivity index is 1.75. The molecule has 166 valence electrons. The van der Waals surface area contributed by atoms with Crippen LogP contribution in [-0.4, -0.2) is 16.8 Å². The third kappa shape index (κ3) is 5.82. The standard InChI is InChI=1S/C23H20F3N3O2S/c1-3-16-7-9-18(10-8-16)27-21(31)12-11-19-14-32-22(28-19)29(15(2)30)20-6-4-5-17(13-20)23(24,25)26/h4-14H,3H2,1-2H3,(H,27,31)/b12-11+. The quantitative estimate of drug-likeness (QED) is 0.456. The summed E-state index contributed by atoms with van der Waals surface area (Å²) in [4.78, 5) is 29.7. The van der Waals surface area contributed by atoms with Crippen LogP contribution in [0.25, 0.3) is 6.08 Å². The molecule has 0 radical (unpaired) electrons. The van der Waals surface area contributed by atoms with E-state index in [-0.39, 0.29) is 16.7 Å². The first-order valence-corrected chi connectivity index (χ1v) is 10.6. The molecule has 3 rings (SSSR count). The number of anilines is 3. The second kappa shape index (κ2) is 9.78. The summed E-state index contributed by atoms with van der Waals surface area (Å²) in [6.45, 7) is 3.28. The number of aryl methyl sites for hydroxylation is 1. The van der Waals surface area contributed by atoms with Gasteiger partial charge in [0.15, 0.2) is 5.13 Å². The number of amides is 2. The van der Waals surface area contributed by atoms with Crippen molar-refractivity contribution in [2.45, 2.75) is 26.4 Å². The molecule has 0 saturated heterocycles. The van der Waals surface area contributed by atoms with Gasteiger partial charge in [-0.3, -0.25) is 14.5 Å². The largest absolute Gasteiger partial charge is 0.416 e. The van der Waals surface area contributed by atoms with E-state index in [4.69, 9.17) is 0 Å². The normalized spacial score (nSPS) is 11.5. The third-order valence-electron chi connectivity index (χ3n) is 4.48. The molecule has 0 aliphatic heterocycles. The zero-order chi connectivity index (χ0) is 23.3. The van der Waals surface area contributed by atoms with Gasteiger partial charge in [-0.2, -0.15) is 13.2 Å². The highest BCUT2D eigenvalue weighted by Crippen LogP contribution is 2.35. The van der Waals surface area contributed by atoms with Crippen molar-refractivity contribution in [3.63, 3.8) is 0 Å². The van der Waals surface area contributed by atoms with Gasteiger partial charge in [-0.05, 0) is 48.4 Å². The number of alkyl halides is 3. The fraction of sp³-hybridized carbons (Fsp3) is 0.174. The first kappa shape index (κ1) is 23.2. The van der Waals surface area contributed by atoms with Gasteiger partial charge in [0, 0.05) is 24.1 Å². The van der Waals surface area contributed by atoms with Crippen LogP contribution in [0.3, 0.4) is 0 Å². The fourth-order valence-corrected chi connectivity index (χ4v) is 3.73. The van der Waals surface area contributed by atoms with E-state index < -0.39 is 17.6 Å². The Hall–Kier alpha value is -3.46. The SMILES string of the molecule is CCc1ccc(NC(=O)/C=C/c2csc(N(C(C)=O)c3cccc(C(F)(F)F)c3)n2)cc1. The number of hydrogen-bond donors (Lipinski definition) is 1. The van der Waals surface area contributed by atoms with Crippen molar-refractivity contribution in [2.24, 2.45) is 0 Å². The van der Waals surface area contributed by atoms with Gasteiger partial charge in [0.25, 0.3) is 0 Å². The number of carbonyl (C=O) groups excluding carboxylic acids is 2. The molecule has 0 saturated carbocycles. The highest BCUT2D eigenvalue weighted by atomic mass is 32.1. The maximum Gasteiger partial charge on any atom is 0.416 e. The maximum atomic E-state index is 13.0. The summed E-state index contributed by atoms with van der Waals surface area (Å²) in [5.41, 5.74) is 1.42. The van der Waals surface area contributed by atoms with E-state index in [9.17, 15) is 22.8 Å². The number of thiazole rings is 1. The van der Waals surface area contributed by atoms with Gasteiger partial charge < -0.3 is 5.32 Å². The Morgan fingerprint density at radius 2 is 1.88 bits per heavy atom. The first-order chi connectivity index (χ1) is 15.2. The van der Waals surface area contributed by atoms with E-state index in [2.05, 4.69) is 10.3 Å². The lowest BCUT2D eigenvalue weighted by atomic mass is 10.1. The lowest BCUT2D eigenvalue weighted by Crippen LogP contribution is -2.23. The van der Waals surface area contributed by atoms with Crippen molar-refractivity contribution in [3.8, 4) is 0 Å². The average Bonchev–Trinajstić information content (AvgIpc) is 3.21. The van der Waals surface area contributed by atoms with Crippen molar-refractivity contribution >= 4 is 45.7 Å². The van der Waals surface area contributed by atoms with E-state index in [1.165, 1.54) is 31.2 Å². The van der Waals surface area contributed by atoms with Crippen LogP contribution in [0.2, 0.25) is 0 Å². The zero-order valence-electron chi connectivity index (χ0n) is 17.3. The minimum Gasteiger partial charge on any atom is -0.323 e. The second-order valence-corrected chi connectivity index (χ2v) is 7.67. The Labute approximate surface area is 187 Å². The summed E-state index contributed by atoms with van der Waals surface area (Å²) in [7, 11) is 0. The number of benzene rings is 2. The van der Waals surface area contributed by atoms with E-state index >= 15 is 0 Å². The molecule has 0 fully saturated rings. The lowest BCUT2D eigenvalue weighted by Gasteiger charge is -2.19. The Morgan fingerprint density at radius 1 is 1.16 bits per heavy atom. The highest BCUT2D eigenvalue weighted by molar-refractivity contribution is 7.14. The van der Waals surface area contributed by atoms with Crippen LogP contribution in [0, 0.1) is 0 Å². The lowest BCUT2D eigenvalue weighted by molar-refractivity contribution is -0.137. The molecule has 32 heavy (non-hydrogen) atoms. The fourth-order valence-electron chi connectivity index (χ4n) is 2.87. The molecule has 0 unspecified atom stereocenters. The predicted octanol–water partition coefficient (Wildman–Crippen LogP) is 6.06. The van der Waals surface area contributed by atoms with Crippen LogP contribution in [0.5, 0.6) is 0 Å². The Kier molecular flexibility index (Phi) is 7.09. The van der Waals surface area contributed by atoms with Crippen LogP contribution in [0.15, 0.2) is 60.0 Å². The van der Waals surface area contributed by atoms with Crippen molar-refractivity contribution in [1.82, 2.24) is 4.98 Å². The minimum absolute atomic E-state index is 0.0606. The molecule has 3 aromatic rings. The number of aromatic nitrogens is 1. The number of rotatable bonds is 6. The van der Waals surface area contributed by atoms with Gasteiger partial charge in [-0.15, -0.1) is 11.3 Å². The van der Waals surface area contributed by atoms with Gasteiger partial charge in [0.05, 0.1) is 16.9 Å². The van der Waals surface area contributed by atoms with Gasteiger partial charge in [0.2, 0.25) is 11.8 Å². The molecular formula is C23H20F3N3O2S. The summed E-state index contributed by atoms with van der Waals surface area (Å²) in [6.07, 6.45) is -0.854. The van der Waals surface area contributed by atoms with Crippen LogP contribution < -0.4 is 10.2 Å². The minimum atomic E-state index is -4.53. The van der Waals surface area contributed by atoms with E-state index in [0.29, 0.717) is 11.4 Å². The summed E-state index contributed by atoms with van der Waals surface area (Å²) < 4.78 is 39.1. The summed E-state index contributed by atoms with van der Waals surface area (Å²) >= 11 is 1.08. The average molecular weight is 459 g/mol. The van der Waals surface area contributed by atoms with Gasteiger partial charge in [-0.25, -0.2) is 4.98 Å². The van der Waals surface area contributed by atoms with Crippen molar-refractivity contribution in [3.05, 3.63) is 76.8 Å². The van der Waals surface area contributed by atoms with Gasteiger partial charge >= 0.3 is 6.18 Å². The molecule has 0 spiro atoms. The number of hydrogen-bond acceptors (Lipinski definition) is 4. The van der Waals surface area contributed by atoms with E-state index in [0.717, 1.165) is 40.4 Å². The summed E-state index contributed by atoms with van der Waals surface area (Å²) in [5, 5.41) is 4.55. The van der Waals surface area contributed by atoms with Crippen molar-refractivity contribution < 1.29 is 22.8 Å². The third-order valence-corrected chi connectivity index (χ3v) is 5.33. The molecule has 2 aromatic carbocycles. The number of nitrogens with one attached hydrogen (secondary N) is 1. The van der Waals surface area contributed by atoms with Crippen LogP contribution in [-0.2, 0) is 22.2 Å². The topological polar surface area (TPSA) is 62.3 Å². The molecule has 0 atom stereocenters. The second-order valence-electron chi connectivity index (χ2n) is 6.83. The molecular weight excluding hydrogens is 439 g/mol. The van der Waals surface area contributed by atoms with Crippen LogP contribution in [0.4, 0.5) is 29.7 Å². The molecule has 1 heterocycles. The molecule has 0 aliphatic carbocycles. The van der Waals surface area contributed by atoms with Crippen molar-refractivity contribution in [1.29, 1.82) is 0 Å². The zero-order valence-corrected chi connectivity index (χ0v) is 18.1. The maximum absolute atomic E-state index is 13.0.